The van der Waals surface area contributed by atoms with Gasteiger partial charge in [-0.15, -0.1) is 0 Å². The van der Waals surface area contributed by atoms with Crippen LogP contribution in [0.5, 0.6) is 0 Å². The summed E-state index contributed by atoms with van der Waals surface area (Å²) >= 11 is 5.86. The number of oxazole rings is 1. The highest BCUT2D eigenvalue weighted by Crippen LogP contribution is 2.18. The Morgan fingerprint density at radius 1 is 1.24 bits per heavy atom. The maximum atomic E-state index is 13.3. The van der Waals surface area contributed by atoms with Crippen LogP contribution in [0.2, 0.25) is 5.02 Å². The third-order valence-corrected chi connectivity index (χ3v) is 5.30. The second kappa shape index (κ2) is 10.2. The Balaban J connectivity index is 1.43. The maximum absolute atomic E-state index is 13.3. The van der Waals surface area contributed by atoms with Crippen molar-refractivity contribution < 1.29 is 13.6 Å². The van der Waals surface area contributed by atoms with Gasteiger partial charge in [-0.3, -0.25) is 14.6 Å². The molecule has 0 saturated carbocycles. The summed E-state index contributed by atoms with van der Waals surface area (Å²) in [5.74, 6) is 0.516. The molecule has 0 radical (unpaired) electrons. The van der Waals surface area contributed by atoms with Crippen molar-refractivity contribution in [2.45, 2.75) is 33.4 Å². The third kappa shape index (κ3) is 6.52. The van der Waals surface area contributed by atoms with E-state index in [-0.39, 0.29) is 16.7 Å². The van der Waals surface area contributed by atoms with Crippen LogP contribution in [0.1, 0.15) is 42.2 Å². The first-order chi connectivity index (χ1) is 13.9. The number of amides is 1. The zero-order chi connectivity index (χ0) is 20.8. The van der Waals surface area contributed by atoms with Gasteiger partial charge in [0.25, 0.3) is 5.91 Å². The molecule has 0 aliphatic carbocycles. The number of hydrogen-bond donors (Lipinski definition) is 1. The average Bonchev–Trinajstić information content (AvgIpc) is 3.14. The Labute approximate surface area is 176 Å². The van der Waals surface area contributed by atoms with Crippen LogP contribution in [0.4, 0.5) is 4.39 Å². The van der Waals surface area contributed by atoms with Gasteiger partial charge in [0.15, 0.2) is 5.69 Å². The van der Waals surface area contributed by atoms with Crippen LogP contribution in [0.15, 0.2) is 28.9 Å². The van der Waals surface area contributed by atoms with E-state index in [0.29, 0.717) is 30.6 Å². The monoisotopic (exact) mass is 422 g/mol. The average molecular weight is 423 g/mol. The van der Waals surface area contributed by atoms with Crippen LogP contribution in [0.25, 0.3) is 0 Å². The molecule has 0 unspecified atom stereocenters. The Morgan fingerprint density at radius 3 is 2.59 bits per heavy atom. The van der Waals surface area contributed by atoms with Crippen LogP contribution in [0.3, 0.4) is 0 Å². The lowest BCUT2D eigenvalue weighted by atomic mass is 10.1. The SMILES string of the molecule is CC(C)CCNC(=O)c1coc(CN2CCN(Cc3ccc(F)c(Cl)c3)CC2)n1. The molecular weight excluding hydrogens is 395 g/mol. The van der Waals surface area contributed by atoms with Crippen molar-refractivity contribution in [2.24, 2.45) is 5.92 Å². The smallest absolute Gasteiger partial charge is 0.273 e. The number of piperazine rings is 1. The maximum Gasteiger partial charge on any atom is 0.273 e. The van der Waals surface area contributed by atoms with Crippen molar-refractivity contribution in [1.82, 2.24) is 20.1 Å². The van der Waals surface area contributed by atoms with Crippen molar-refractivity contribution in [3.63, 3.8) is 0 Å². The van der Waals surface area contributed by atoms with Gasteiger partial charge >= 0.3 is 0 Å². The van der Waals surface area contributed by atoms with Crippen molar-refractivity contribution in [3.05, 3.63) is 52.5 Å². The topological polar surface area (TPSA) is 61.6 Å². The molecule has 8 heteroatoms. The number of nitrogens with zero attached hydrogens (tertiary/aromatic N) is 3. The second-order valence-electron chi connectivity index (χ2n) is 7.87. The largest absolute Gasteiger partial charge is 0.447 e. The van der Waals surface area contributed by atoms with Crippen molar-refractivity contribution in [3.8, 4) is 0 Å². The molecule has 1 N–H and O–H groups in total. The standard InChI is InChI=1S/C21H28ClFN4O2/c1-15(2)5-6-24-21(28)19-14-29-20(25-19)13-27-9-7-26(8-10-27)12-16-3-4-18(23)17(22)11-16/h3-4,11,14-15H,5-10,12-13H2,1-2H3,(H,24,28). The molecular formula is C21H28ClFN4O2. The summed E-state index contributed by atoms with van der Waals surface area (Å²) in [5, 5.41) is 3.03. The number of benzene rings is 1. The number of rotatable bonds is 8. The van der Waals surface area contributed by atoms with Crippen LogP contribution in [-0.4, -0.2) is 53.4 Å². The highest BCUT2D eigenvalue weighted by Gasteiger charge is 2.20. The zero-order valence-electron chi connectivity index (χ0n) is 17.0. The summed E-state index contributed by atoms with van der Waals surface area (Å²) in [7, 11) is 0. The van der Waals surface area contributed by atoms with Gasteiger partial charge in [-0.1, -0.05) is 31.5 Å². The summed E-state index contributed by atoms with van der Waals surface area (Å²) in [5.41, 5.74) is 1.33. The quantitative estimate of drug-likeness (QED) is 0.704. The third-order valence-electron chi connectivity index (χ3n) is 5.01. The molecule has 1 aromatic heterocycles. The van der Waals surface area contributed by atoms with Crippen LogP contribution < -0.4 is 5.32 Å². The lowest BCUT2D eigenvalue weighted by Gasteiger charge is -2.34. The van der Waals surface area contributed by atoms with E-state index in [9.17, 15) is 9.18 Å². The van der Waals surface area contributed by atoms with E-state index in [1.54, 1.807) is 12.1 Å². The Kier molecular flexibility index (Phi) is 7.64. The number of carbonyl (C=O) groups excluding carboxylic acids is 1. The van der Waals surface area contributed by atoms with Gasteiger partial charge in [0.1, 0.15) is 12.1 Å². The second-order valence-corrected chi connectivity index (χ2v) is 8.27. The number of nitrogens with one attached hydrogen (secondary N) is 1. The van der Waals surface area contributed by atoms with Gasteiger partial charge in [-0.2, -0.15) is 0 Å². The van der Waals surface area contributed by atoms with Gasteiger partial charge in [-0.25, -0.2) is 9.37 Å². The van der Waals surface area contributed by atoms with E-state index in [1.165, 1.54) is 12.3 Å². The molecule has 29 heavy (non-hydrogen) atoms. The summed E-state index contributed by atoms with van der Waals surface area (Å²) in [6, 6.07) is 4.87. The minimum atomic E-state index is -0.390. The molecule has 1 aliphatic heterocycles. The zero-order valence-corrected chi connectivity index (χ0v) is 17.7. The Bertz CT molecular complexity index is 819. The van der Waals surface area contributed by atoms with Crippen LogP contribution >= 0.6 is 11.6 Å². The molecule has 0 atom stereocenters. The predicted molar refractivity (Wildman–Crippen MR) is 110 cm³/mol. The first-order valence-corrected chi connectivity index (χ1v) is 10.4. The van der Waals surface area contributed by atoms with E-state index in [0.717, 1.165) is 44.7 Å². The molecule has 1 amide bonds. The summed E-state index contributed by atoms with van der Waals surface area (Å²) < 4.78 is 18.8. The van der Waals surface area contributed by atoms with Crippen LogP contribution in [0, 0.1) is 11.7 Å². The molecule has 1 aliphatic rings. The summed E-state index contributed by atoms with van der Waals surface area (Å²) in [4.78, 5) is 21.0. The van der Waals surface area contributed by atoms with Gasteiger partial charge in [0, 0.05) is 39.3 Å². The normalized spacial score (nSPS) is 15.8. The fraction of sp³-hybridized carbons (Fsp3) is 0.524. The minimum Gasteiger partial charge on any atom is -0.447 e. The molecule has 1 aromatic carbocycles. The van der Waals surface area contributed by atoms with Crippen LogP contribution in [-0.2, 0) is 13.1 Å². The molecule has 1 fully saturated rings. The lowest BCUT2D eigenvalue weighted by Crippen LogP contribution is -2.45. The minimum absolute atomic E-state index is 0.161. The fourth-order valence-electron chi connectivity index (χ4n) is 3.25. The molecule has 158 valence electrons. The fourth-order valence-corrected chi connectivity index (χ4v) is 3.45. The van der Waals surface area contributed by atoms with Gasteiger partial charge in [0.2, 0.25) is 5.89 Å². The van der Waals surface area contributed by atoms with Gasteiger partial charge in [0.05, 0.1) is 11.6 Å². The van der Waals surface area contributed by atoms with Gasteiger partial charge in [-0.05, 0) is 30.0 Å². The van der Waals surface area contributed by atoms with E-state index < -0.39 is 0 Å². The first kappa shape index (κ1) is 21.7. The first-order valence-electron chi connectivity index (χ1n) is 10.0. The molecule has 2 aromatic rings. The number of carbonyl (C=O) groups is 1. The summed E-state index contributed by atoms with van der Waals surface area (Å²) in [6.07, 6.45) is 2.36. The highest BCUT2D eigenvalue weighted by atomic mass is 35.5. The lowest BCUT2D eigenvalue weighted by molar-refractivity contribution is 0.0946. The number of halogens is 2. The van der Waals surface area contributed by atoms with Gasteiger partial charge < -0.3 is 9.73 Å². The molecule has 1 saturated heterocycles. The Morgan fingerprint density at radius 2 is 1.93 bits per heavy atom. The number of hydrogen-bond acceptors (Lipinski definition) is 5. The van der Waals surface area contributed by atoms with Crippen molar-refractivity contribution >= 4 is 17.5 Å². The van der Waals surface area contributed by atoms with Crippen molar-refractivity contribution in [2.75, 3.05) is 32.7 Å². The summed E-state index contributed by atoms with van der Waals surface area (Å²) in [6.45, 7) is 9.71. The molecule has 0 spiro atoms. The van der Waals surface area contributed by atoms with E-state index in [2.05, 4.69) is 33.9 Å². The molecule has 3 rings (SSSR count). The molecule has 6 nitrogen and oxygen atoms in total. The van der Waals surface area contributed by atoms with E-state index >= 15 is 0 Å². The predicted octanol–water partition coefficient (Wildman–Crippen LogP) is 3.56. The number of aromatic nitrogens is 1. The van der Waals surface area contributed by atoms with E-state index in [4.69, 9.17) is 16.0 Å². The Hall–Kier alpha value is -1.96. The molecule has 0 bridgehead atoms. The van der Waals surface area contributed by atoms with Crippen molar-refractivity contribution in [1.29, 1.82) is 0 Å². The molecule has 2 heterocycles. The van der Waals surface area contributed by atoms with E-state index in [1.807, 2.05) is 0 Å². The highest BCUT2D eigenvalue weighted by molar-refractivity contribution is 6.30.